The Morgan fingerprint density at radius 1 is 1.06 bits per heavy atom. The number of carbonyl (C=O) groups is 2. The summed E-state index contributed by atoms with van der Waals surface area (Å²) in [5.74, 6) is 1.40. The number of amides is 2. The minimum atomic E-state index is -0.909. The Morgan fingerprint density at radius 3 is 2.49 bits per heavy atom. The van der Waals surface area contributed by atoms with Crippen molar-refractivity contribution in [2.24, 2.45) is 17.3 Å². The van der Waals surface area contributed by atoms with E-state index in [-0.39, 0.29) is 29.1 Å². The zero-order chi connectivity index (χ0) is 24.5. The highest BCUT2D eigenvalue weighted by molar-refractivity contribution is 5.80. The third-order valence-corrected chi connectivity index (χ3v) is 9.92. The molecule has 5 heteroatoms. The second-order valence-corrected chi connectivity index (χ2v) is 12.3. The number of benzene rings is 1. The van der Waals surface area contributed by atoms with Gasteiger partial charge >= 0.3 is 0 Å². The predicted molar refractivity (Wildman–Crippen MR) is 138 cm³/mol. The minimum Gasteiger partial charge on any atom is -0.387 e. The number of hydrogen-bond acceptors (Lipinski definition) is 3. The molecule has 4 aliphatic rings. The number of piperidine rings is 1. The lowest BCUT2D eigenvalue weighted by Gasteiger charge is -2.53. The summed E-state index contributed by atoms with van der Waals surface area (Å²) in [5.41, 5.74) is 0.0170. The molecule has 5 rings (SSSR count). The van der Waals surface area contributed by atoms with Crippen LogP contribution < -0.4 is 0 Å². The largest absolute Gasteiger partial charge is 0.387 e. The van der Waals surface area contributed by atoms with Crippen molar-refractivity contribution in [2.45, 2.75) is 95.5 Å². The standard InChI is InChI=1S/C30H44N2O3/c1-23(18-24-10-4-2-5-11-24)28(34)31-17-16-30(35,29(21-31)14-8-9-15-29)22-32-20-26(19-27(32)33)25-12-6-3-7-13-25/h3,6-7,12-13,23-24,26,35H,2,4-5,8-11,14-22H2,1H3/t23-,26+,30+/m0/s1. The molecule has 4 fully saturated rings. The van der Waals surface area contributed by atoms with E-state index in [1.165, 1.54) is 37.7 Å². The molecule has 0 aromatic heterocycles. The highest BCUT2D eigenvalue weighted by Crippen LogP contribution is 2.52. The number of hydrogen-bond donors (Lipinski definition) is 1. The van der Waals surface area contributed by atoms with E-state index in [1.54, 1.807) is 0 Å². The summed E-state index contributed by atoms with van der Waals surface area (Å²) in [6.45, 7) is 4.47. The monoisotopic (exact) mass is 480 g/mol. The SMILES string of the molecule is C[C@@H](CC1CCCCC1)C(=O)N1CC[C@@](O)(CN2C[C@H](c3ccccc3)CC2=O)C2(CCCC2)C1. The average Bonchev–Trinajstić information content (AvgIpc) is 3.49. The molecule has 2 heterocycles. The van der Waals surface area contributed by atoms with E-state index in [0.29, 0.717) is 44.9 Å². The van der Waals surface area contributed by atoms with Gasteiger partial charge in [0.05, 0.1) is 12.1 Å². The molecule has 192 valence electrons. The van der Waals surface area contributed by atoms with E-state index in [4.69, 9.17) is 0 Å². The van der Waals surface area contributed by atoms with E-state index in [2.05, 4.69) is 24.0 Å². The molecule has 2 saturated carbocycles. The predicted octanol–water partition coefficient (Wildman–Crippen LogP) is 5.13. The van der Waals surface area contributed by atoms with Gasteiger partial charge in [-0.2, -0.15) is 0 Å². The Balaban J connectivity index is 1.25. The molecule has 0 bridgehead atoms. The van der Waals surface area contributed by atoms with Gasteiger partial charge in [0.1, 0.15) is 0 Å². The molecule has 1 aromatic carbocycles. The molecule has 1 aromatic rings. The normalized spacial score (nSPS) is 30.2. The van der Waals surface area contributed by atoms with Gasteiger partial charge in [-0.3, -0.25) is 9.59 Å². The van der Waals surface area contributed by atoms with Crippen LogP contribution in [0.2, 0.25) is 0 Å². The average molecular weight is 481 g/mol. The van der Waals surface area contributed by atoms with Crippen LogP contribution in [0, 0.1) is 17.3 Å². The second-order valence-electron chi connectivity index (χ2n) is 12.3. The molecule has 1 N–H and O–H groups in total. The molecule has 35 heavy (non-hydrogen) atoms. The Hall–Kier alpha value is -1.88. The summed E-state index contributed by atoms with van der Waals surface area (Å²) in [6, 6.07) is 10.3. The molecule has 2 aliphatic carbocycles. The van der Waals surface area contributed by atoms with Crippen molar-refractivity contribution >= 4 is 11.8 Å². The molecular weight excluding hydrogens is 436 g/mol. The molecule has 2 saturated heterocycles. The molecule has 3 atom stereocenters. The van der Waals surface area contributed by atoms with E-state index in [0.717, 1.165) is 32.1 Å². The van der Waals surface area contributed by atoms with Gasteiger partial charge in [0, 0.05) is 43.3 Å². The lowest BCUT2D eigenvalue weighted by Crippen LogP contribution is -2.64. The summed E-state index contributed by atoms with van der Waals surface area (Å²) < 4.78 is 0. The van der Waals surface area contributed by atoms with Crippen molar-refractivity contribution in [3.63, 3.8) is 0 Å². The molecule has 0 radical (unpaired) electrons. The van der Waals surface area contributed by atoms with Gasteiger partial charge < -0.3 is 14.9 Å². The summed E-state index contributed by atoms with van der Waals surface area (Å²) >= 11 is 0. The maximum atomic E-state index is 13.5. The van der Waals surface area contributed by atoms with E-state index >= 15 is 0 Å². The van der Waals surface area contributed by atoms with Crippen LogP contribution in [0.1, 0.15) is 95.5 Å². The highest BCUT2D eigenvalue weighted by Gasteiger charge is 2.57. The molecule has 1 spiro atoms. The van der Waals surface area contributed by atoms with E-state index < -0.39 is 5.60 Å². The first kappa shape index (κ1) is 24.8. The summed E-state index contributed by atoms with van der Waals surface area (Å²) in [4.78, 5) is 30.5. The van der Waals surface area contributed by atoms with Crippen LogP contribution in [0.15, 0.2) is 30.3 Å². The van der Waals surface area contributed by atoms with E-state index in [9.17, 15) is 14.7 Å². The quantitative estimate of drug-likeness (QED) is 0.614. The Labute approximate surface area is 211 Å². The van der Waals surface area contributed by atoms with Crippen molar-refractivity contribution < 1.29 is 14.7 Å². The van der Waals surface area contributed by atoms with Gasteiger partial charge in [0.25, 0.3) is 0 Å². The molecule has 2 amide bonds. The van der Waals surface area contributed by atoms with Crippen LogP contribution in [0.25, 0.3) is 0 Å². The van der Waals surface area contributed by atoms with Crippen molar-refractivity contribution in [1.29, 1.82) is 0 Å². The zero-order valence-electron chi connectivity index (χ0n) is 21.6. The van der Waals surface area contributed by atoms with E-state index in [1.807, 2.05) is 23.1 Å². The van der Waals surface area contributed by atoms with Crippen LogP contribution in [-0.2, 0) is 9.59 Å². The first-order chi connectivity index (χ1) is 16.9. The number of carbonyl (C=O) groups excluding carboxylic acids is 2. The minimum absolute atomic E-state index is 0.0644. The number of nitrogens with zero attached hydrogens (tertiary/aromatic N) is 2. The Morgan fingerprint density at radius 2 is 1.77 bits per heavy atom. The fourth-order valence-corrected chi connectivity index (χ4v) is 7.81. The summed E-state index contributed by atoms with van der Waals surface area (Å²) in [7, 11) is 0. The fourth-order valence-electron chi connectivity index (χ4n) is 7.81. The lowest BCUT2D eigenvalue weighted by molar-refractivity contribution is -0.167. The van der Waals surface area contributed by atoms with Gasteiger partial charge in [0.2, 0.25) is 11.8 Å². The van der Waals surface area contributed by atoms with Gasteiger partial charge in [0.15, 0.2) is 0 Å². The van der Waals surface area contributed by atoms with Crippen molar-refractivity contribution in [2.75, 3.05) is 26.2 Å². The lowest BCUT2D eigenvalue weighted by atomic mass is 9.65. The van der Waals surface area contributed by atoms with Crippen LogP contribution in [0.5, 0.6) is 0 Å². The van der Waals surface area contributed by atoms with Crippen LogP contribution in [0.4, 0.5) is 0 Å². The third-order valence-electron chi connectivity index (χ3n) is 9.92. The van der Waals surface area contributed by atoms with Crippen LogP contribution >= 0.6 is 0 Å². The fraction of sp³-hybridized carbons (Fsp3) is 0.733. The molecule has 0 unspecified atom stereocenters. The van der Waals surface area contributed by atoms with Crippen molar-refractivity contribution in [1.82, 2.24) is 9.80 Å². The Kier molecular flexibility index (Phi) is 7.25. The number of β-amino-alcohol motifs (C(OH)–C–C–N with tert-alkyl or cyclic N) is 1. The number of likely N-dealkylation sites (tertiary alicyclic amines) is 2. The number of rotatable bonds is 6. The highest BCUT2D eigenvalue weighted by atomic mass is 16.3. The molecule has 5 nitrogen and oxygen atoms in total. The second kappa shape index (κ2) is 10.2. The summed E-state index contributed by atoms with van der Waals surface area (Å²) in [6.07, 6.45) is 12.7. The van der Waals surface area contributed by atoms with Gasteiger partial charge in [-0.25, -0.2) is 0 Å². The first-order valence-electron chi connectivity index (χ1n) is 14.2. The van der Waals surface area contributed by atoms with Gasteiger partial charge in [-0.05, 0) is 37.2 Å². The van der Waals surface area contributed by atoms with Crippen molar-refractivity contribution in [3.8, 4) is 0 Å². The molecular formula is C30H44N2O3. The molecule has 2 aliphatic heterocycles. The maximum Gasteiger partial charge on any atom is 0.225 e. The zero-order valence-corrected chi connectivity index (χ0v) is 21.6. The smallest absolute Gasteiger partial charge is 0.225 e. The maximum absolute atomic E-state index is 13.5. The van der Waals surface area contributed by atoms with Gasteiger partial charge in [-0.1, -0.05) is 82.2 Å². The van der Waals surface area contributed by atoms with Crippen LogP contribution in [0.3, 0.4) is 0 Å². The number of aliphatic hydroxyl groups is 1. The van der Waals surface area contributed by atoms with Gasteiger partial charge in [-0.15, -0.1) is 0 Å². The topological polar surface area (TPSA) is 60.9 Å². The van der Waals surface area contributed by atoms with Crippen molar-refractivity contribution in [3.05, 3.63) is 35.9 Å². The third kappa shape index (κ3) is 5.03. The Bertz CT molecular complexity index is 890. The first-order valence-corrected chi connectivity index (χ1v) is 14.2. The summed E-state index contributed by atoms with van der Waals surface area (Å²) in [5, 5.41) is 12.1. The van der Waals surface area contributed by atoms with Crippen LogP contribution in [-0.4, -0.2) is 58.5 Å².